The van der Waals surface area contributed by atoms with Crippen LogP contribution >= 0.6 is 0 Å². The minimum atomic E-state index is -0.250. The third-order valence-corrected chi connectivity index (χ3v) is 2.13. The van der Waals surface area contributed by atoms with Crippen LogP contribution in [0.3, 0.4) is 0 Å². The van der Waals surface area contributed by atoms with Crippen LogP contribution in [0.4, 0.5) is 0 Å². The minimum absolute atomic E-state index is 0.250. The van der Waals surface area contributed by atoms with Crippen LogP contribution in [-0.2, 0) is 6.42 Å². The smallest absolute Gasteiger partial charge is 0.0592 e. The number of aromatic nitrogens is 1. The summed E-state index contributed by atoms with van der Waals surface area (Å²) in [5.41, 5.74) is 1.14. The number of aliphatic hydroxyl groups is 1. The van der Waals surface area contributed by atoms with Crippen LogP contribution in [0.5, 0.6) is 0 Å². The van der Waals surface area contributed by atoms with Crippen molar-refractivity contribution in [1.29, 1.82) is 0 Å². The van der Waals surface area contributed by atoms with E-state index in [0.717, 1.165) is 24.9 Å². The highest BCUT2D eigenvalue weighted by Crippen LogP contribution is 2.04. The molecule has 0 radical (unpaired) electrons. The molecule has 1 rings (SSSR count). The first kappa shape index (κ1) is 11.1. The molecule has 1 unspecified atom stereocenters. The van der Waals surface area contributed by atoms with Gasteiger partial charge in [-0.2, -0.15) is 0 Å². The monoisotopic (exact) mass is 194 g/mol. The van der Waals surface area contributed by atoms with Crippen molar-refractivity contribution in [1.82, 2.24) is 9.88 Å². The van der Waals surface area contributed by atoms with Gasteiger partial charge in [0, 0.05) is 12.4 Å². The van der Waals surface area contributed by atoms with E-state index >= 15 is 0 Å². The average Bonchev–Trinajstić information content (AvgIpc) is 2.16. The Balaban J connectivity index is 2.30. The lowest BCUT2D eigenvalue weighted by Gasteiger charge is -2.14. The average molecular weight is 194 g/mol. The third kappa shape index (κ3) is 4.35. The fourth-order valence-corrected chi connectivity index (χ4v) is 1.30. The Morgan fingerprint density at radius 1 is 1.36 bits per heavy atom. The molecule has 0 aliphatic heterocycles. The molecular formula is C11H18N2O. The largest absolute Gasteiger partial charge is 0.393 e. The van der Waals surface area contributed by atoms with E-state index in [9.17, 15) is 5.11 Å². The van der Waals surface area contributed by atoms with Gasteiger partial charge >= 0.3 is 0 Å². The highest BCUT2D eigenvalue weighted by Gasteiger charge is 2.05. The standard InChI is InChI=1S/C11H18N2O/c1-13(2)8-5-11(14)9-10-3-6-12-7-4-10/h3-4,6-7,11,14H,5,8-9H2,1-2H3. The Morgan fingerprint density at radius 3 is 2.57 bits per heavy atom. The lowest BCUT2D eigenvalue weighted by molar-refractivity contribution is 0.152. The minimum Gasteiger partial charge on any atom is -0.393 e. The summed E-state index contributed by atoms with van der Waals surface area (Å²) in [6.07, 6.45) is 4.80. The summed E-state index contributed by atoms with van der Waals surface area (Å²) in [7, 11) is 4.03. The molecule has 1 atom stereocenters. The first-order valence-electron chi connectivity index (χ1n) is 4.90. The van der Waals surface area contributed by atoms with Gasteiger partial charge in [0.1, 0.15) is 0 Å². The molecule has 0 saturated carbocycles. The van der Waals surface area contributed by atoms with Gasteiger partial charge in [-0.25, -0.2) is 0 Å². The Labute approximate surface area is 85.4 Å². The molecule has 0 aromatic carbocycles. The number of nitrogens with zero attached hydrogens (tertiary/aromatic N) is 2. The normalized spacial score (nSPS) is 13.1. The van der Waals surface area contributed by atoms with Crippen LogP contribution in [0.1, 0.15) is 12.0 Å². The summed E-state index contributed by atoms with van der Waals surface area (Å²) < 4.78 is 0. The molecule has 1 aromatic heterocycles. The highest BCUT2D eigenvalue weighted by molar-refractivity contribution is 5.10. The van der Waals surface area contributed by atoms with Crippen molar-refractivity contribution in [3.8, 4) is 0 Å². The number of hydrogen-bond donors (Lipinski definition) is 1. The van der Waals surface area contributed by atoms with Gasteiger partial charge in [-0.1, -0.05) is 0 Å². The van der Waals surface area contributed by atoms with Crippen molar-refractivity contribution in [2.75, 3.05) is 20.6 Å². The van der Waals surface area contributed by atoms with E-state index in [1.807, 2.05) is 26.2 Å². The number of pyridine rings is 1. The van der Waals surface area contributed by atoms with Gasteiger partial charge in [-0.3, -0.25) is 4.98 Å². The van der Waals surface area contributed by atoms with Crippen molar-refractivity contribution in [3.63, 3.8) is 0 Å². The maximum absolute atomic E-state index is 9.70. The molecule has 1 aromatic rings. The molecule has 78 valence electrons. The van der Waals surface area contributed by atoms with Crippen molar-refractivity contribution < 1.29 is 5.11 Å². The van der Waals surface area contributed by atoms with Crippen LogP contribution in [0, 0.1) is 0 Å². The molecule has 3 heteroatoms. The van der Waals surface area contributed by atoms with E-state index in [-0.39, 0.29) is 6.10 Å². The molecule has 0 bridgehead atoms. The lowest BCUT2D eigenvalue weighted by Crippen LogP contribution is -2.20. The second-order valence-corrected chi connectivity index (χ2v) is 3.81. The van der Waals surface area contributed by atoms with Crippen LogP contribution in [0.2, 0.25) is 0 Å². The number of hydrogen-bond acceptors (Lipinski definition) is 3. The Hall–Kier alpha value is -0.930. The topological polar surface area (TPSA) is 36.4 Å². The van der Waals surface area contributed by atoms with Crippen molar-refractivity contribution >= 4 is 0 Å². The SMILES string of the molecule is CN(C)CCC(O)Cc1ccncc1. The van der Waals surface area contributed by atoms with Gasteiger partial charge in [0.25, 0.3) is 0 Å². The van der Waals surface area contributed by atoms with Gasteiger partial charge in [-0.15, -0.1) is 0 Å². The molecule has 0 fully saturated rings. The molecule has 14 heavy (non-hydrogen) atoms. The molecule has 1 heterocycles. The predicted octanol–water partition coefficient (Wildman–Crippen LogP) is 0.937. The van der Waals surface area contributed by atoms with E-state index < -0.39 is 0 Å². The second-order valence-electron chi connectivity index (χ2n) is 3.81. The summed E-state index contributed by atoms with van der Waals surface area (Å²) in [6, 6.07) is 3.89. The molecule has 3 nitrogen and oxygen atoms in total. The number of rotatable bonds is 5. The van der Waals surface area contributed by atoms with Crippen molar-refractivity contribution in [2.45, 2.75) is 18.9 Å². The van der Waals surface area contributed by atoms with Gasteiger partial charge in [0.2, 0.25) is 0 Å². The van der Waals surface area contributed by atoms with Gasteiger partial charge in [0.05, 0.1) is 6.10 Å². The van der Waals surface area contributed by atoms with E-state index in [1.54, 1.807) is 12.4 Å². The lowest BCUT2D eigenvalue weighted by atomic mass is 10.1. The van der Waals surface area contributed by atoms with Crippen molar-refractivity contribution in [3.05, 3.63) is 30.1 Å². The summed E-state index contributed by atoms with van der Waals surface area (Å²) >= 11 is 0. The highest BCUT2D eigenvalue weighted by atomic mass is 16.3. The fourth-order valence-electron chi connectivity index (χ4n) is 1.30. The summed E-state index contributed by atoms with van der Waals surface area (Å²) in [5.74, 6) is 0. The van der Waals surface area contributed by atoms with E-state index in [2.05, 4.69) is 9.88 Å². The molecule has 0 amide bonds. The fraction of sp³-hybridized carbons (Fsp3) is 0.545. The molecule has 0 aliphatic carbocycles. The summed E-state index contributed by atoms with van der Waals surface area (Å²) in [4.78, 5) is 6.02. The molecule has 1 N–H and O–H groups in total. The quantitative estimate of drug-likeness (QED) is 0.757. The van der Waals surface area contributed by atoms with Crippen LogP contribution in [-0.4, -0.2) is 41.7 Å². The molecular weight excluding hydrogens is 176 g/mol. The van der Waals surface area contributed by atoms with Gasteiger partial charge in [-0.05, 0) is 51.2 Å². The zero-order chi connectivity index (χ0) is 10.4. The number of aliphatic hydroxyl groups excluding tert-OH is 1. The van der Waals surface area contributed by atoms with Crippen LogP contribution in [0.15, 0.2) is 24.5 Å². The first-order chi connectivity index (χ1) is 6.68. The zero-order valence-electron chi connectivity index (χ0n) is 8.85. The molecule has 0 saturated heterocycles. The Morgan fingerprint density at radius 2 is 2.00 bits per heavy atom. The van der Waals surface area contributed by atoms with E-state index in [0.29, 0.717) is 0 Å². The third-order valence-electron chi connectivity index (χ3n) is 2.13. The molecule has 0 aliphatic rings. The summed E-state index contributed by atoms with van der Waals surface area (Å²) in [5, 5.41) is 9.70. The van der Waals surface area contributed by atoms with Gasteiger partial charge < -0.3 is 10.0 Å². The van der Waals surface area contributed by atoms with Gasteiger partial charge in [0.15, 0.2) is 0 Å². The Bertz CT molecular complexity index is 249. The van der Waals surface area contributed by atoms with Crippen molar-refractivity contribution in [2.24, 2.45) is 0 Å². The van der Waals surface area contributed by atoms with E-state index in [4.69, 9.17) is 0 Å². The first-order valence-corrected chi connectivity index (χ1v) is 4.90. The van der Waals surface area contributed by atoms with Crippen LogP contribution < -0.4 is 0 Å². The second kappa shape index (κ2) is 5.73. The maximum atomic E-state index is 9.70. The molecule has 0 spiro atoms. The predicted molar refractivity (Wildman–Crippen MR) is 57.1 cm³/mol. The summed E-state index contributed by atoms with van der Waals surface area (Å²) in [6.45, 7) is 0.923. The van der Waals surface area contributed by atoms with E-state index in [1.165, 1.54) is 0 Å². The zero-order valence-corrected chi connectivity index (χ0v) is 8.85. The Kier molecular flexibility index (Phi) is 4.56. The van der Waals surface area contributed by atoms with Crippen LogP contribution in [0.25, 0.3) is 0 Å². The maximum Gasteiger partial charge on any atom is 0.0592 e.